The van der Waals surface area contributed by atoms with Crippen LogP contribution in [0.15, 0.2) is 72.8 Å². The Labute approximate surface area is 254 Å². The number of carbonyl (C=O) groups is 1. The highest BCUT2D eigenvalue weighted by molar-refractivity contribution is 6.76. The van der Waals surface area contributed by atoms with Gasteiger partial charge < -0.3 is 25.0 Å². The van der Waals surface area contributed by atoms with Crippen LogP contribution in [-0.2, 0) is 27.4 Å². The van der Waals surface area contributed by atoms with Crippen molar-refractivity contribution in [2.24, 2.45) is 0 Å². The van der Waals surface area contributed by atoms with Crippen molar-refractivity contribution >= 4 is 40.7 Å². The summed E-state index contributed by atoms with van der Waals surface area (Å²) in [6, 6.07) is 23.5. The van der Waals surface area contributed by atoms with Gasteiger partial charge in [0, 0.05) is 38.2 Å². The lowest BCUT2D eigenvalue weighted by atomic mass is 9.97. The van der Waals surface area contributed by atoms with E-state index in [4.69, 9.17) is 44.3 Å². The summed E-state index contributed by atoms with van der Waals surface area (Å²) in [6.45, 7) is 2.42. The number of rotatable bonds is 8. The van der Waals surface area contributed by atoms with Gasteiger partial charge in [-0.15, -0.1) is 0 Å². The molecule has 0 aliphatic carbocycles. The number of aliphatic hydroxyl groups excluding tert-OH is 2. The molecule has 0 bridgehead atoms. The predicted molar refractivity (Wildman–Crippen MR) is 160 cm³/mol. The Morgan fingerprint density at radius 2 is 1.68 bits per heavy atom. The number of likely N-dealkylation sites (tertiary alicyclic amines) is 1. The van der Waals surface area contributed by atoms with Crippen LogP contribution in [0.2, 0.25) is 0 Å². The molecule has 2 heterocycles. The molecular weight excluding hydrogens is 587 g/mol. The van der Waals surface area contributed by atoms with Crippen LogP contribution in [0.5, 0.6) is 0 Å². The Balaban J connectivity index is 1.34. The second-order valence-corrected chi connectivity index (χ2v) is 12.8. The smallest absolute Gasteiger partial charge is 0.272 e. The van der Waals surface area contributed by atoms with Gasteiger partial charge in [0.15, 0.2) is 6.29 Å². The first-order valence-corrected chi connectivity index (χ1v) is 14.8. The fraction of sp³-hybridized carbons (Fsp3) is 0.387. The molecular formula is C31H33Cl3N2O5. The van der Waals surface area contributed by atoms with E-state index < -0.39 is 16.0 Å². The normalized spacial score (nSPS) is 23.4. The number of amides is 1. The largest absolute Gasteiger partial charge is 0.392 e. The van der Waals surface area contributed by atoms with Gasteiger partial charge in [-0.2, -0.15) is 0 Å². The van der Waals surface area contributed by atoms with E-state index in [1.54, 1.807) is 0 Å². The quantitative estimate of drug-likeness (QED) is 0.291. The second kappa shape index (κ2) is 13.4. The molecule has 2 fully saturated rings. The second-order valence-electron chi connectivity index (χ2n) is 10.5. The summed E-state index contributed by atoms with van der Waals surface area (Å²) in [4.78, 5) is 14.3. The molecule has 7 nitrogen and oxygen atoms in total. The number of halogens is 3. The molecule has 2 saturated heterocycles. The van der Waals surface area contributed by atoms with Gasteiger partial charge in [-0.3, -0.25) is 9.69 Å². The van der Waals surface area contributed by atoms with Crippen molar-refractivity contribution in [1.29, 1.82) is 0 Å². The van der Waals surface area contributed by atoms with Crippen LogP contribution in [-0.4, -0.2) is 56.7 Å². The van der Waals surface area contributed by atoms with Crippen LogP contribution in [0.25, 0.3) is 11.1 Å². The van der Waals surface area contributed by atoms with Gasteiger partial charge in [-0.1, -0.05) is 108 Å². The van der Waals surface area contributed by atoms with Crippen molar-refractivity contribution in [2.75, 3.05) is 19.6 Å². The van der Waals surface area contributed by atoms with Crippen molar-refractivity contribution in [1.82, 2.24) is 10.2 Å². The summed E-state index contributed by atoms with van der Waals surface area (Å²) >= 11 is 17.1. The van der Waals surface area contributed by atoms with E-state index in [0.717, 1.165) is 46.3 Å². The van der Waals surface area contributed by atoms with E-state index in [9.17, 15) is 15.0 Å². The van der Waals surface area contributed by atoms with E-state index in [1.807, 2.05) is 72.8 Å². The Hall–Kier alpha value is -2.20. The molecule has 0 spiro atoms. The van der Waals surface area contributed by atoms with E-state index in [2.05, 4.69) is 10.2 Å². The highest BCUT2D eigenvalue weighted by Crippen LogP contribution is 2.39. The maximum absolute atomic E-state index is 12.1. The van der Waals surface area contributed by atoms with Crippen LogP contribution >= 0.6 is 34.8 Å². The van der Waals surface area contributed by atoms with Crippen molar-refractivity contribution in [2.45, 2.75) is 54.4 Å². The van der Waals surface area contributed by atoms with Crippen molar-refractivity contribution < 1.29 is 24.5 Å². The number of carbonyl (C=O) groups excluding carboxylic acids is 1. The predicted octanol–water partition coefficient (Wildman–Crippen LogP) is 5.44. The molecule has 3 N–H and O–H groups in total. The molecule has 4 atom stereocenters. The van der Waals surface area contributed by atoms with Crippen molar-refractivity contribution in [3.05, 3.63) is 95.1 Å². The number of nitrogens with one attached hydrogen (secondary N) is 1. The summed E-state index contributed by atoms with van der Waals surface area (Å²) in [5.41, 5.74) is 5.56. The topological polar surface area (TPSA) is 91.3 Å². The monoisotopic (exact) mass is 618 g/mol. The van der Waals surface area contributed by atoms with Crippen LogP contribution in [0.3, 0.4) is 0 Å². The lowest BCUT2D eigenvalue weighted by Gasteiger charge is -2.38. The summed E-state index contributed by atoms with van der Waals surface area (Å²) in [5.74, 6) is -0.683. The molecule has 10 heteroatoms. The molecule has 2 aliphatic rings. The summed E-state index contributed by atoms with van der Waals surface area (Å²) in [7, 11) is 0. The molecule has 2 aliphatic heterocycles. The minimum atomic E-state index is -2.03. The lowest BCUT2D eigenvalue weighted by molar-refractivity contribution is -0.252. The minimum absolute atomic E-state index is 0.00773. The van der Waals surface area contributed by atoms with E-state index in [-0.39, 0.29) is 31.5 Å². The molecule has 0 unspecified atom stereocenters. The van der Waals surface area contributed by atoms with Crippen LogP contribution in [0.4, 0.5) is 0 Å². The van der Waals surface area contributed by atoms with Crippen molar-refractivity contribution in [3.8, 4) is 11.1 Å². The molecule has 218 valence electrons. The fourth-order valence-electron chi connectivity index (χ4n) is 5.35. The van der Waals surface area contributed by atoms with Gasteiger partial charge >= 0.3 is 0 Å². The average molecular weight is 620 g/mol. The number of benzene rings is 3. The zero-order chi connectivity index (χ0) is 29.0. The first kappa shape index (κ1) is 30.3. The van der Waals surface area contributed by atoms with Crippen molar-refractivity contribution in [3.63, 3.8) is 0 Å². The summed E-state index contributed by atoms with van der Waals surface area (Å²) in [6.07, 6.45) is 0.336. The molecule has 5 rings (SSSR count). The lowest BCUT2D eigenvalue weighted by Crippen LogP contribution is -2.38. The van der Waals surface area contributed by atoms with Gasteiger partial charge in [-0.05, 0) is 34.2 Å². The van der Waals surface area contributed by atoms with E-state index >= 15 is 0 Å². The van der Waals surface area contributed by atoms with Gasteiger partial charge in [0.1, 0.15) is 0 Å². The number of aliphatic hydroxyl groups is 2. The third kappa shape index (κ3) is 7.80. The Bertz CT molecular complexity index is 1320. The summed E-state index contributed by atoms with van der Waals surface area (Å²) < 4.78 is 10.9. The molecule has 0 aromatic heterocycles. The average Bonchev–Trinajstić information content (AvgIpc) is 3.39. The van der Waals surface area contributed by atoms with Gasteiger partial charge in [0.2, 0.25) is 0 Å². The third-order valence-electron chi connectivity index (χ3n) is 7.53. The SMILES string of the molecule is O=C(NCc1ccccc1-c1ccc([C@H]2O[C@@H](CN3CC[C@H](O)C3)C[C@@H](c3ccc(CO)cc3)O2)cc1)C(Cl)(Cl)Cl. The highest BCUT2D eigenvalue weighted by Gasteiger charge is 2.34. The van der Waals surface area contributed by atoms with Crippen LogP contribution in [0, 0.1) is 0 Å². The number of hydrogen-bond acceptors (Lipinski definition) is 6. The van der Waals surface area contributed by atoms with Crippen LogP contribution < -0.4 is 5.32 Å². The Kier molecular flexibility index (Phi) is 9.89. The van der Waals surface area contributed by atoms with Gasteiger partial charge in [0.25, 0.3) is 9.70 Å². The first-order chi connectivity index (χ1) is 19.7. The highest BCUT2D eigenvalue weighted by atomic mass is 35.6. The third-order valence-corrected chi connectivity index (χ3v) is 8.05. The standard InChI is InChI=1S/C31H33Cl3N2O5/c32-31(33,34)30(39)35-16-24-3-1-2-4-27(24)21-9-11-23(12-10-21)29-40-26(18-36-14-13-25(38)17-36)15-28(41-29)22-7-5-20(19-37)6-8-22/h1-12,25-26,28-29,37-38H,13-19H2,(H,35,39)/t25-,26+,28-,29-/m0/s1. The molecule has 41 heavy (non-hydrogen) atoms. The fourth-order valence-corrected chi connectivity index (χ4v) is 5.55. The zero-order valence-electron chi connectivity index (χ0n) is 22.4. The Morgan fingerprint density at radius 3 is 2.34 bits per heavy atom. The molecule has 3 aromatic rings. The zero-order valence-corrected chi connectivity index (χ0v) is 24.7. The number of ether oxygens (including phenoxy) is 2. The Morgan fingerprint density at radius 1 is 0.976 bits per heavy atom. The molecule has 3 aromatic carbocycles. The maximum atomic E-state index is 12.1. The van der Waals surface area contributed by atoms with E-state index in [1.165, 1.54) is 0 Å². The molecule has 0 saturated carbocycles. The van der Waals surface area contributed by atoms with E-state index in [0.29, 0.717) is 19.5 Å². The molecule has 1 amide bonds. The van der Waals surface area contributed by atoms with Crippen LogP contribution in [0.1, 0.15) is 47.5 Å². The molecule has 0 radical (unpaired) electrons. The van der Waals surface area contributed by atoms with Gasteiger partial charge in [-0.25, -0.2) is 0 Å². The number of β-amino-alcohol motifs (C(OH)–C–C–N with tert-alkyl or cyclic N) is 1. The first-order valence-electron chi connectivity index (χ1n) is 13.6. The number of alkyl halides is 3. The number of hydrogen-bond donors (Lipinski definition) is 3. The summed E-state index contributed by atoms with van der Waals surface area (Å²) in [5, 5.41) is 22.1. The maximum Gasteiger partial charge on any atom is 0.272 e. The minimum Gasteiger partial charge on any atom is -0.392 e. The number of nitrogens with zero attached hydrogens (tertiary/aromatic N) is 1. The van der Waals surface area contributed by atoms with Gasteiger partial charge in [0.05, 0.1) is 24.9 Å².